The standard InChI is InChI=1S/C24H22ClNO5S/c1-3-11-31-21-15(5-4-6-17(21)30-2)16-12-18(27)26-20-19(13-7-9-14(25)10-8-13)23(24(28)29)32-22(16)20/h4-10,16H,3,11-12H2,1-2H3,(H,26,27)(H,28,29). The summed E-state index contributed by atoms with van der Waals surface area (Å²) in [5.41, 5.74) is 2.50. The van der Waals surface area contributed by atoms with Crippen molar-refractivity contribution in [1.29, 1.82) is 0 Å². The molecule has 0 fully saturated rings. The van der Waals surface area contributed by atoms with Gasteiger partial charge >= 0.3 is 5.97 Å². The van der Waals surface area contributed by atoms with E-state index in [9.17, 15) is 14.7 Å². The molecular formula is C24H22ClNO5S. The van der Waals surface area contributed by atoms with Gasteiger partial charge in [0.2, 0.25) is 5.91 Å². The number of amides is 1. The van der Waals surface area contributed by atoms with E-state index < -0.39 is 5.97 Å². The van der Waals surface area contributed by atoms with Gasteiger partial charge < -0.3 is 19.9 Å². The molecule has 2 aromatic carbocycles. The average molecular weight is 472 g/mol. The highest BCUT2D eigenvalue weighted by molar-refractivity contribution is 7.15. The van der Waals surface area contributed by atoms with E-state index in [2.05, 4.69) is 5.32 Å². The van der Waals surface area contributed by atoms with Crippen molar-refractivity contribution in [1.82, 2.24) is 0 Å². The number of carboxylic acid groups (broad SMARTS) is 1. The Morgan fingerprint density at radius 3 is 2.66 bits per heavy atom. The minimum Gasteiger partial charge on any atom is -0.493 e. The lowest BCUT2D eigenvalue weighted by Crippen LogP contribution is -2.23. The molecule has 1 aromatic heterocycles. The number of anilines is 1. The van der Waals surface area contributed by atoms with Crippen LogP contribution < -0.4 is 14.8 Å². The summed E-state index contributed by atoms with van der Waals surface area (Å²) >= 11 is 7.20. The number of methoxy groups -OCH3 is 1. The number of ether oxygens (including phenoxy) is 2. The molecule has 0 saturated carbocycles. The van der Waals surface area contributed by atoms with Crippen LogP contribution in [0.5, 0.6) is 11.5 Å². The summed E-state index contributed by atoms with van der Waals surface area (Å²) in [7, 11) is 1.57. The highest BCUT2D eigenvalue weighted by atomic mass is 35.5. The van der Waals surface area contributed by atoms with Crippen molar-refractivity contribution in [2.24, 2.45) is 0 Å². The maximum atomic E-state index is 12.8. The molecule has 0 aliphatic carbocycles. The normalized spacial score (nSPS) is 15.1. The van der Waals surface area contributed by atoms with E-state index >= 15 is 0 Å². The quantitative estimate of drug-likeness (QED) is 0.439. The van der Waals surface area contributed by atoms with Crippen LogP contribution in [0.25, 0.3) is 11.1 Å². The molecule has 0 saturated heterocycles. The molecule has 4 rings (SSSR count). The average Bonchev–Trinajstić information content (AvgIpc) is 3.17. The van der Waals surface area contributed by atoms with Gasteiger partial charge in [0, 0.05) is 33.4 Å². The topological polar surface area (TPSA) is 84.9 Å². The lowest BCUT2D eigenvalue weighted by Gasteiger charge is -2.26. The van der Waals surface area contributed by atoms with Crippen LogP contribution in [-0.4, -0.2) is 30.7 Å². The maximum Gasteiger partial charge on any atom is 0.346 e. The molecule has 1 unspecified atom stereocenters. The van der Waals surface area contributed by atoms with Crippen LogP contribution in [0.1, 0.15) is 45.8 Å². The Morgan fingerprint density at radius 1 is 1.25 bits per heavy atom. The van der Waals surface area contributed by atoms with E-state index in [0.717, 1.165) is 16.9 Å². The number of carboxylic acids is 1. The lowest BCUT2D eigenvalue weighted by molar-refractivity contribution is -0.116. The van der Waals surface area contributed by atoms with Crippen LogP contribution in [0.4, 0.5) is 5.69 Å². The lowest BCUT2D eigenvalue weighted by atomic mass is 9.88. The number of halogens is 1. The van der Waals surface area contributed by atoms with Gasteiger partial charge in [-0.3, -0.25) is 4.79 Å². The first kappa shape index (κ1) is 22.2. The molecule has 166 valence electrons. The molecule has 0 radical (unpaired) electrons. The van der Waals surface area contributed by atoms with Crippen LogP contribution in [0.3, 0.4) is 0 Å². The van der Waals surface area contributed by atoms with Crippen molar-refractivity contribution >= 4 is 40.5 Å². The zero-order valence-corrected chi connectivity index (χ0v) is 19.2. The Hall–Kier alpha value is -3.03. The highest BCUT2D eigenvalue weighted by Crippen LogP contribution is 2.51. The number of fused-ring (bicyclic) bond motifs is 1. The number of rotatable bonds is 7. The summed E-state index contributed by atoms with van der Waals surface area (Å²) in [6, 6.07) is 12.5. The number of nitrogens with one attached hydrogen (secondary N) is 1. The smallest absolute Gasteiger partial charge is 0.346 e. The van der Waals surface area contributed by atoms with Gasteiger partial charge in [-0.25, -0.2) is 4.79 Å². The van der Waals surface area contributed by atoms with Gasteiger partial charge in [0.05, 0.1) is 19.4 Å². The van der Waals surface area contributed by atoms with Gasteiger partial charge in [0.1, 0.15) is 4.88 Å². The molecule has 6 nitrogen and oxygen atoms in total. The van der Waals surface area contributed by atoms with Crippen LogP contribution in [0.15, 0.2) is 42.5 Å². The molecule has 2 N–H and O–H groups in total. The number of thiophene rings is 1. The molecule has 1 atom stereocenters. The molecule has 1 amide bonds. The fraction of sp³-hybridized carbons (Fsp3) is 0.250. The van der Waals surface area contributed by atoms with Gasteiger partial charge in [-0.05, 0) is 30.2 Å². The molecule has 1 aliphatic heterocycles. The first-order valence-corrected chi connectivity index (χ1v) is 11.4. The zero-order valence-electron chi connectivity index (χ0n) is 17.6. The number of carbonyl (C=O) groups excluding carboxylic acids is 1. The Balaban J connectivity index is 1.92. The Kier molecular flexibility index (Phi) is 6.39. The number of hydrogen-bond donors (Lipinski definition) is 2. The van der Waals surface area contributed by atoms with E-state index in [-0.39, 0.29) is 23.1 Å². The fourth-order valence-electron chi connectivity index (χ4n) is 3.91. The molecule has 8 heteroatoms. The van der Waals surface area contributed by atoms with Crippen LogP contribution in [0, 0.1) is 0 Å². The second-order valence-electron chi connectivity index (χ2n) is 7.39. The molecule has 2 heterocycles. The van der Waals surface area contributed by atoms with Gasteiger partial charge in [-0.1, -0.05) is 42.8 Å². The minimum atomic E-state index is -1.05. The summed E-state index contributed by atoms with van der Waals surface area (Å²) in [6.45, 7) is 2.51. The van der Waals surface area contributed by atoms with Gasteiger partial charge in [0.15, 0.2) is 11.5 Å². The second kappa shape index (κ2) is 9.22. The fourth-order valence-corrected chi connectivity index (χ4v) is 5.27. The van der Waals surface area contributed by atoms with Crippen molar-refractivity contribution in [3.05, 3.63) is 62.8 Å². The molecule has 32 heavy (non-hydrogen) atoms. The van der Waals surface area contributed by atoms with Crippen molar-refractivity contribution in [2.45, 2.75) is 25.7 Å². The first-order valence-electron chi connectivity index (χ1n) is 10.2. The van der Waals surface area contributed by atoms with E-state index in [0.29, 0.717) is 39.9 Å². The van der Waals surface area contributed by atoms with Gasteiger partial charge in [-0.2, -0.15) is 0 Å². The second-order valence-corrected chi connectivity index (χ2v) is 8.88. The highest BCUT2D eigenvalue weighted by Gasteiger charge is 2.36. The Labute approximate surface area is 194 Å². The van der Waals surface area contributed by atoms with Gasteiger partial charge in [0.25, 0.3) is 0 Å². The third-order valence-electron chi connectivity index (χ3n) is 5.29. The summed E-state index contributed by atoms with van der Waals surface area (Å²) in [6.07, 6.45) is 0.999. The zero-order chi connectivity index (χ0) is 22.8. The molecular weight excluding hydrogens is 450 g/mol. The third kappa shape index (κ3) is 4.06. The van der Waals surface area contributed by atoms with Crippen LogP contribution >= 0.6 is 22.9 Å². The van der Waals surface area contributed by atoms with E-state index in [1.807, 2.05) is 25.1 Å². The summed E-state index contributed by atoms with van der Waals surface area (Å²) in [5, 5.41) is 13.4. The van der Waals surface area contributed by atoms with E-state index in [1.54, 1.807) is 31.4 Å². The predicted molar refractivity (Wildman–Crippen MR) is 126 cm³/mol. The summed E-state index contributed by atoms with van der Waals surface area (Å²) < 4.78 is 11.5. The molecule has 0 spiro atoms. The predicted octanol–water partition coefficient (Wildman–Crippen LogP) is 6.04. The van der Waals surface area contributed by atoms with Gasteiger partial charge in [-0.15, -0.1) is 11.3 Å². The van der Waals surface area contributed by atoms with Crippen molar-refractivity contribution in [3.8, 4) is 22.6 Å². The minimum absolute atomic E-state index is 0.170. The van der Waals surface area contributed by atoms with Crippen molar-refractivity contribution in [3.63, 3.8) is 0 Å². The summed E-state index contributed by atoms with van der Waals surface area (Å²) in [4.78, 5) is 25.8. The Morgan fingerprint density at radius 2 is 2.00 bits per heavy atom. The first-order chi connectivity index (χ1) is 15.4. The number of para-hydroxylation sites is 1. The van der Waals surface area contributed by atoms with E-state index in [4.69, 9.17) is 21.1 Å². The van der Waals surface area contributed by atoms with E-state index in [1.165, 1.54) is 11.3 Å². The summed E-state index contributed by atoms with van der Waals surface area (Å²) in [5.74, 6) is -0.422. The largest absolute Gasteiger partial charge is 0.493 e. The number of carbonyl (C=O) groups is 2. The molecule has 1 aliphatic rings. The number of benzene rings is 2. The molecule has 3 aromatic rings. The maximum absolute atomic E-state index is 12.8. The SMILES string of the molecule is CCCOc1c(OC)cccc1C1CC(=O)Nc2c1sc(C(=O)O)c2-c1ccc(Cl)cc1. The monoisotopic (exact) mass is 471 g/mol. The molecule has 0 bridgehead atoms. The number of hydrogen-bond acceptors (Lipinski definition) is 5. The number of aromatic carboxylic acids is 1. The van der Waals surface area contributed by atoms with Crippen molar-refractivity contribution < 1.29 is 24.2 Å². The Bertz CT molecular complexity index is 1170. The van der Waals surface area contributed by atoms with Crippen LogP contribution in [-0.2, 0) is 4.79 Å². The van der Waals surface area contributed by atoms with Crippen LogP contribution in [0.2, 0.25) is 5.02 Å². The third-order valence-corrected chi connectivity index (χ3v) is 6.83. The van der Waals surface area contributed by atoms with Crippen molar-refractivity contribution in [2.75, 3.05) is 19.0 Å².